The Labute approximate surface area is 106 Å². The quantitative estimate of drug-likeness (QED) is 0.821. The van der Waals surface area contributed by atoms with Crippen molar-refractivity contribution in [2.75, 3.05) is 7.11 Å². The zero-order chi connectivity index (χ0) is 13.1. The SMILES string of the molecule is CCc1nc(-c2cc(OC)ccc2F)ccc1C. The number of pyridine rings is 1. The van der Waals surface area contributed by atoms with Gasteiger partial charge in [0.15, 0.2) is 0 Å². The van der Waals surface area contributed by atoms with Crippen molar-refractivity contribution < 1.29 is 9.13 Å². The van der Waals surface area contributed by atoms with Crippen LogP contribution in [0.3, 0.4) is 0 Å². The van der Waals surface area contributed by atoms with Crippen LogP contribution >= 0.6 is 0 Å². The van der Waals surface area contributed by atoms with Crippen molar-refractivity contribution in [3.63, 3.8) is 0 Å². The highest BCUT2D eigenvalue weighted by Crippen LogP contribution is 2.26. The van der Waals surface area contributed by atoms with Crippen molar-refractivity contribution >= 4 is 0 Å². The van der Waals surface area contributed by atoms with Gasteiger partial charge >= 0.3 is 0 Å². The Balaban J connectivity index is 2.54. The van der Waals surface area contributed by atoms with Gasteiger partial charge in [-0.1, -0.05) is 13.0 Å². The Morgan fingerprint density at radius 3 is 2.67 bits per heavy atom. The van der Waals surface area contributed by atoms with E-state index < -0.39 is 0 Å². The van der Waals surface area contributed by atoms with Gasteiger partial charge in [-0.15, -0.1) is 0 Å². The first-order valence-corrected chi connectivity index (χ1v) is 5.96. The summed E-state index contributed by atoms with van der Waals surface area (Å²) in [5, 5.41) is 0. The Morgan fingerprint density at radius 2 is 2.00 bits per heavy atom. The largest absolute Gasteiger partial charge is 0.497 e. The molecule has 18 heavy (non-hydrogen) atoms. The van der Waals surface area contributed by atoms with Crippen LogP contribution in [-0.4, -0.2) is 12.1 Å². The van der Waals surface area contributed by atoms with Gasteiger partial charge in [-0.3, -0.25) is 4.98 Å². The molecule has 0 amide bonds. The van der Waals surface area contributed by atoms with Crippen molar-refractivity contribution in [2.45, 2.75) is 20.3 Å². The molecule has 0 radical (unpaired) electrons. The van der Waals surface area contributed by atoms with Crippen LogP contribution in [0.2, 0.25) is 0 Å². The van der Waals surface area contributed by atoms with E-state index in [1.54, 1.807) is 19.2 Å². The Hall–Kier alpha value is -1.90. The molecule has 0 N–H and O–H groups in total. The summed E-state index contributed by atoms with van der Waals surface area (Å²) in [5.41, 5.74) is 3.25. The van der Waals surface area contributed by atoms with Crippen LogP contribution in [0.25, 0.3) is 11.3 Å². The molecule has 94 valence electrons. The van der Waals surface area contributed by atoms with Gasteiger partial charge in [0.1, 0.15) is 11.6 Å². The van der Waals surface area contributed by atoms with Crippen molar-refractivity contribution in [2.24, 2.45) is 0 Å². The molecule has 0 spiro atoms. The van der Waals surface area contributed by atoms with E-state index in [4.69, 9.17) is 4.74 Å². The minimum Gasteiger partial charge on any atom is -0.497 e. The van der Waals surface area contributed by atoms with E-state index in [1.807, 2.05) is 26.0 Å². The second-order valence-corrected chi connectivity index (χ2v) is 4.16. The fourth-order valence-corrected chi connectivity index (χ4v) is 1.91. The summed E-state index contributed by atoms with van der Waals surface area (Å²) < 4.78 is 18.9. The molecule has 0 bridgehead atoms. The molecule has 0 saturated heterocycles. The maximum absolute atomic E-state index is 13.8. The number of hydrogen-bond donors (Lipinski definition) is 0. The van der Waals surface area contributed by atoms with Crippen LogP contribution < -0.4 is 4.74 Å². The molecule has 0 atom stereocenters. The first kappa shape index (κ1) is 12.6. The third kappa shape index (κ3) is 2.35. The molecule has 1 heterocycles. The second kappa shape index (κ2) is 5.17. The van der Waals surface area contributed by atoms with Crippen molar-refractivity contribution in [3.8, 4) is 17.0 Å². The van der Waals surface area contributed by atoms with E-state index in [0.29, 0.717) is 17.0 Å². The highest BCUT2D eigenvalue weighted by atomic mass is 19.1. The third-order valence-electron chi connectivity index (χ3n) is 2.99. The summed E-state index contributed by atoms with van der Waals surface area (Å²) in [7, 11) is 1.57. The summed E-state index contributed by atoms with van der Waals surface area (Å²) >= 11 is 0. The molecule has 2 nitrogen and oxygen atoms in total. The molecule has 0 fully saturated rings. The molecule has 3 heteroatoms. The lowest BCUT2D eigenvalue weighted by atomic mass is 10.1. The van der Waals surface area contributed by atoms with Gasteiger partial charge in [0.2, 0.25) is 0 Å². The monoisotopic (exact) mass is 245 g/mol. The zero-order valence-corrected chi connectivity index (χ0v) is 10.8. The topological polar surface area (TPSA) is 22.1 Å². The minimum absolute atomic E-state index is 0.283. The fraction of sp³-hybridized carbons (Fsp3) is 0.267. The standard InChI is InChI=1S/C15H16FNO/c1-4-14-10(2)5-8-15(17-14)12-9-11(18-3)6-7-13(12)16/h5-9H,4H2,1-3H3. The molecule has 2 rings (SSSR count). The average Bonchev–Trinajstić information content (AvgIpc) is 2.40. The predicted molar refractivity (Wildman–Crippen MR) is 70.3 cm³/mol. The minimum atomic E-state index is -0.283. The van der Waals surface area contributed by atoms with Gasteiger partial charge in [-0.25, -0.2) is 4.39 Å². The van der Waals surface area contributed by atoms with E-state index >= 15 is 0 Å². The number of aromatic nitrogens is 1. The van der Waals surface area contributed by atoms with Gasteiger partial charge in [0, 0.05) is 11.3 Å². The van der Waals surface area contributed by atoms with Crippen molar-refractivity contribution in [1.29, 1.82) is 0 Å². The molecule has 0 aliphatic rings. The van der Waals surface area contributed by atoms with Gasteiger partial charge < -0.3 is 4.74 Å². The molecule has 0 aliphatic heterocycles. The number of ether oxygens (including phenoxy) is 1. The van der Waals surface area contributed by atoms with E-state index in [0.717, 1.165) is 17.7 Å². The van der Waals surface area contributed by atoms with E-state index in [2.05, 4.69) is 4.98 Å². The Morgan fingerprint density at radius 1 is 1.22 bits per heavy atom. The van der Waals surface area contributed by atoms with Gasteiger partial charge in [-0.2, -0.15) is 0 Å². The van der Waals surface area contributed by atoms with Crippen LogP contribution in [-0.2, 0) is 6.42 Å². The molecular weight excluding hydrogens is 229 g/mol. The van der Waals surface area contributed by atoms with Crippen molar-refractivity contribution in [3.05, 3.63) is 47.4 Å². The Bertz CT molecular complexity index is 566. The first-order chi connectivity index (χ1) is 8.65. The van der Waals surface area contributed by atoms with Crippen LogP contribution in [0.5, 0.6) is 5.75 Å². The molecule has 1 aromatic heterocycles. The number of halogens is 1. The molecule has 2 aromatic rings. The van der Waals surface area contributed by atoms with Gasteiger partial charge in [-0.05, 0) is 43.2 Å². The highest BCUT2D eigenvalue weighted by Gasteiger charge is 2.09. The van der Waals surface area contributed by atoms with Crippen molar-refractivity contribution in [1.82, 2.24) is 4.98 Å². The fourth-order valence-electron chi connectivity index (χ4n) is 1.91. The van der Waals surface area contributed by atoms with Crippen LogP contribution in [0.1, 0.15) is 18.2 Å². The molecule has 0 unspecified atom stereocenters. The van der Waals surface area contributed by atoms with Gasteiger partial charge in [0.25, 0.3) is 0 Å². The predicted octanol–water partition coefficient (Wildman–Crippen LogP) is 3.77. The smallest absolute Gasteiger partial charge is 0.132 e. The highest BCUT2D eigenvalue weighted by molar-refractivity contribution is 5.62. The lowest BCUT2D eigenvalue weighted by molar-refractivity contribution is 0.414. The lowest BCUT2D eigenvalue weighted by Gasteiger charge is -2.08. The zero-order valence-electron chi connectivity index (χ0n) is 10.8. The number of methoxy groups -OCH3 is 1. The number of hydrogen-bond acceptors (Lipinski definition) is 2. The Kier molecular flexibility index (Phi) is 3.60. The summed E-state index contributed by atoms with van der Waals surface area (Å²) in [6.07, 6.45) is 0.839. The van der Waals surface area contributed by atoms with Crippen LogP contribution in [0.4, 0.5) is 4.39 Å². The number of rotatable bonds is 3. The normalized spacial score (nSPS) is 10.4. The van der Waals surface area contributed by atoms with Crippen LogP contribution in [0, 0.1) is 12.7 Å². The number of benzene rings is 1. The van der Waals surface area contributed by atoms with E-state index in [9.17, 15) is 4.39 Å². The summed E-state index contributed by atoms with van der Waals surface area (Å²) in [6.45, 7) is 4.05. The lowest BCUT2D eigenvalue weighted by Crippen LogP contribution is -1.96. The molecule has 1 aromatic carbocycles. The maximum Gasteiger partial charge on any atom is 0.132 e. The number of nitrogens with zero attached hydrogens (tertiary/aromatic N) is 1. The molecular formula is C15H16FNO. The third-order valence-corrected chi connectivity index (χ3v) is 2.99. The maximum atomic E-state index is 13.8. The number of aryl methyl sites for hydroxylation is 2. The first-order valence-electron chi connectivity index (χ1n) is 5.96. The van der Waals surface area contributed by atoms with Crippen LogP contribution in [0.15, 0.2) is 30.3 Å². The van der Waals surface area contributed by atoms with Gasteiger partial charge in [0.05, 0.1) is 12.8 Å². The second-order valence-electron chi connectivity index (χ2n) is 4.16. The summed E-state index contributed by atoms with van der Waals surface area (Å²) in [5.74, 6) is 0.348. The summed E-state index contributed by atoms with van der Waals surface area (Å²) in [4.78, 5) is 4.50. The molecule has 0 aliphatic carbocycles. The van der Waals surface area contributed by atoms with E-state index in [1.165, 1.54) is 6.07 Å². The molecule has 0 saturated carbocycles. The summed E-state index contributed by atoms with van der Waals surface area (Å²) in [6, 6.07) is 8.49. The average molecular weight is 245 g/mol. The van der Waals surface area contributed by atoms with E-state index in [-0.39, 0.29) is 5.82 Å².